The molecule has 0 saturated carbocycles. The van der Waals surface area contributed by atoms with Crippen molar-refractivity contribution in [3.63, 3.8) is 0 Å². The fraction of sp³-hybridized carbons (Fsp3) is 0.909. The SMILES string of the molecule is CC(C)(C)N=C(N)C1CC2CCC1O2. The van der Waals surface area contributed by atoms with E-state index < -0.39 is 0 Å². The highest BCUT2D eigenvalue weighted by molar-refractivity contribution is 5.84. The monoisotopic (exact) mass is 196 g/mol. The molecule has 0 aromatic heterocycles. The van der Waals surface area contributed by atoms with E-state index in [0.717, 1.165) is 18.7 Å². The van der Waals surface area contributed by atoms with Crippen molar-refractivity contribution >= 4 is 5.84 Å². The number of rotatable bonds is 1. The van der Waals surface area contributed by atoms with Gasteiger partial charge in [0.05, 0.1) is 17.7 Å². The van der Waals surface area contributed by atoms with Crippen molar-refractivity contribution < 1.29 is 4.74 Å². The van der Waals surface area contributed by atoms with E-state index in [0.29, 0.717) is 18.1 Å². The first-order valence-corrected chi connectivity index (χ1v) is 5.46. The summed E-state index contributed by atoms with van der Waals surface area (Å²) in [4.78, 5) is 4.52. The van der Waals surface area contributed by atoms with Crippen LogP contribution in [0.4, 0.5) is 0 Å². The summed E-state index contributed by atoms with van der Waals surface area (Å²) in [6, 6.07) is 0. The predicted octanol–water partition coefficient (Wildman–Crippen LogP) is 1.71. The highest BCUT2D eigenvalue weighted by Crippen LogP contribution is 2.39. The summed E-state index contributed by atoms with van der Waals surface area (Å²) in [6.07, 6.45) is 4.26. The number of amidine groups is 1. The number of hydrogen-bond donors (Lipinski definition) is 1. The molecule has 2 heterocycles. The Balaban J connectivity index is 2.06. The Kier molecular flexibility index (Phi) is 2.30. The van der Waals surface area contributed by atoms with Gasteiger partial charge in [-0.05, 0) is 40.0 Å². The summed E-state index contributed by atoms with van der Waals surface area (Å²) in [5.74, 6) is 1.18. The average Bonchev–Trinajstić information content (AvgIpc) is 2.59. The van der Waals surface area contributed by atoms with Crippen LogP contribution in [0.2, 0.25) is 0 Å². The standard InChI is InChI=1S/C11H20N2O/c1-11(2,3)13-10(12)8-6-7-4-5-9(8)14-7/h7-9H,4-6H2,1-3H3,(H2,12,13). The first-order chi connectivity index (χ1) is 6.46. The molecule has 3 atom stereocenters. The Labute approximate surface area is 85.7 Å². The van der Waals surface area contributed by atoms with E-state index in [4.69, 9.17) is 10.5 Å². The van der Waals surface area contributed by atoms with Crippen molar-refractivity contribution in [2.75, 3.05) is 0 Å². The molecule has 2 bridgehead atoms. The van der Waals surface area contributed by atoms with E-state index in [9.17, 15) is 0 Å². The Bertz CT molecular complexity index is 255. The summed E-state index contributed by atoms with van der Waals surface area (Å²) in [5, 5.41) is 0. The van der Waals surface area contributed by atoms with E-state index in [1.807, 2.05) is 0 Å². The third-order valence-corrected chi connectivity index (χ3v) is 2.95. The molecule has 0 aliphatic carbocycles. The van der Waals surface area contributed by atoms with Crippen molar-refractivity contribution in [1.29, 1.82) is 0 Å². The van der Waals surface area contributed by atoms with Gasteiger partial charge in [-0.2, -0.15) is 0 Å². The van der Waals surface area contributed by atoms with E-state index in [2.05, 4.69) is 25.8 Å². The lowest BCUT2D eigenvalue weighted by atomic mass is 9.88. The van der Waals surface area contributed by atoms with Crippen LogP contribution in [0.25, 0.3) is 0 Å². The van der Waals surface area contributed by atoms with Crippen LogP contribution in [0.5, 0.6) is 0 Å². The maximum Gasteiger partial charge on any atom is 0.100 e. The number of nitrogens with zero attached hydrogens (tertiary/aromatic N) is 1. The summed E-state index contributed by atoms with van der Waals surface area (Å²) in [6.45, 7) is 6.23. The Morgan fingerprint density at radius 2 is 2.07 bits per heavy atom. The van der Waals surface area contributed by atoms with Gasteiger partial charge in [0, 0.05) is 5.92 Å². The van der Waals surface area contributed by atoms with Crippen molar-refractivity contribution in [2.45, 2.75) is 57.8 Å². The summed E-state index contributed by atoms with van der Waals surface area (Å²) >= 11 is 0. The highest BCUT2D eigenvalue weighted by atomic mass is 16.5. The maximum atomic E-state index is 6.02. The van der Waals surface area contributed by atoms with Gasteiger partial charge in [0.15, 0.2) is 0 Å². The minimum Gasteiger partial charge on any atom is -0.387 e. The second-order valence-electron chi connectivity index (χ2n) is 5.42. The van der Waals surface area contributed by atoms with Crippen LogP contribution in [0.15, 0.2) is 4.99 Å². The van der Waals surface area contributed by atoms with Crippen LogP contribution in [0, 0.1) is 5.92 Å². The van der Waals surface area contributed by atoms with E-state index in [1.165, 1.54) is 6.42 Å². The molecule has 2 N–H and O–H groups in total. The largest absolute Gasteiger partial charge is 0.387 e. The number of nitrogens with two attached hydrogens (primary N) is 1. The minimum atomic E-state index is -0.0636. The van der Waals surface area contributed by atoms with Gasteiger partial charge in [-0.25, -0.2) is 0 Å². The summed E-state index contributed by atoms with van der Waals surface area (Å²) in [5.41, 5.74) is 5.96. The number of aliphatic imine (C=N–C) groups is 1. The molecule has 3 heteroatoms. The lowest BCUT2D eigenvalue weighted by Gasteiger charge is -2.21. The second-order valence-corrected chi connectivity index (χ2v) is 5.42. The molecule has 2 rings (SSSR count). The third kappa shape index (κ3) is 1.92. The van der Waals surface area contributed by atoms with Gasteiger partial charge in [-0.3, -0.25) is 4.99 Å². The maximum absolute atomic E-state index is 6.02. The second kappa shape index (κ2) is 3.23. The first-order valence-electron chi connectivity index (χ1n) is 5.46. The fourth-order valence-electron chi connectivity index (χ4n) is 2.42. The van der Waals surface area contributed by atoms with E-state index in [-0.39, 0.29) is 5.54 Å². The van der Waals surface area contributed by atoms with Crippen molar-refractivity contribution in [2.24, 2.45) is 16.6 Å². The average molecular weight is 196 g/mol. The number of ether oxygens (including phenoxy) is 1. The van der Waals surface area contributed by atoms with E-state index in [1.54, 1.807) is 0 Å². The smallest absolute Gasteiger partial charge is 0.100 e. The molecule has 0 spiro atoms. The first kappa shape index (κ1) is 9.97. The Morgan fingerprint density at radius 3 is 2.50 bits per heavy atom. The quantitative estimate of drug-likeness (QED) is 0.512. The predicted molar refractivity (Wildman–Crippen MR) is 57.4 cm³/mol. The van der Waals surface area contributed by atoms with E-state index >= 15 is 0 Å². The van der Waals surface area contributed by atoms with Crippen LogP contribution in [-0.4, -0.2) is 23.6 Å². The van der Waals surface area contributed by atoms with Crippen LogP contribution < -0.4 is 5.73 Å². The third-order valence-electron chi connectivity index (χ3n) is 2.95. The number of hydrogen-bond acceptors (Lipinski definition) is 2. The summed E-state index contributed by atoms with van der Waals surface area (Å²) < 4.78 is 5.76. The Morgan fingerprint density at radius 1 is 1.36 bits per heavy atom. The lowest BCUT2D eigenvalue weighted by molar-refractivity contribution is 0.0994. The lowest BCUT2D eigenvalue weighted by Crippen LogP contribution is -2.33. The molecule has 2 fully saturated rings. The van der Waals surface area contributed by atoms with Gasteiger partial charge in [-0.15, -0.1) is 0 Å². The topological polar surface area (TPSA) is 47.6 Å². The Hall–Kier alpha value is -0.570. The molecule has 0 aromatic rings. The van der Waals surface area contributed by atoms with Gasteiger partial charge in [0.25, 0.3) is 0 Å². The van der Waals surface area contributed by atoms with Gasteiger partial charge >= 0.3 is 0 Å². The zero-order valence-corrected chi connectivity index (χ0v) is 9.29. The molecule has 2 aliphatic heterocycles. The molecular weight excluding hydrogens is 176 g/mol. The normalized spacial score (nSPS) is 37.9. The van der Waals surface area contributed by atoms with Crippen LogP contribution >= 0.6 is 0 Å². The minimum absolute atomic E-state index is 0.0636. The number of fused-ring (bicyclic) bond motifs is 2. The molecule has 0 amide bonds. The molecule has 0 radical (unpaired) electrons. The van der Waals surface area contributed by atoms with Crippen LogP contribution in [0.3, 0.4) is 0 Å². The van der Waals surface area contributed by atoms with Crippen molar-refractivity contribution in [3.05, 3.63) is 0 Å². The van der Waals surface area contributed by atoms with Crippen LogP contribution in [0.1, 0.15) is 40.0 Å². The summed E-state index contributed by atoms with van der Waals surface area (Å²) in [7, 11) is 0. The molecule has 3 nitrogen and oxygen atoms in total. The van der Waals surface area contributed by atoms with Crippen molar-refractivity contribution in [1.82, 2.24) is 0 Å². The zero-order chi connectivity index (χ0) is 10.3. The fourth-order valence-corrected chi connectivity index (χ4v) is 2.42. The highest BCUT2D eigenvalue weighted by Gasteiger charge is 2.42. The molecule has 0 aromatic carbocycles. The molecule has 80 valence electrons. The molecular formula is C11H20N2O. The van der Waals surface area contributed by atoms with Gasteiger partial charge in [0.2, 0.25) is 0 Å². The molecule has 2 saturated heterocycles. The molecule has 2 aliphatic rings. The van der Waals surface area contributed by atoms with Crippen LogP contribution in [-0.2, 0) is 4.74 Å². The molecule has 14 heavy (non-hydrogen) atoms. The zero-order valence-electron chi connectivity index (χ0n) is 9.29. The van der Waals surface area contributed by atoms with Gasteiger partial charge in [0.1, 0.15) is 5.84 Å². The van der Waals surface area contributed by atoms with Gasteiger partial charge < -0.3 is 10.5 Å². The van der Waals surface area contributed by atoms with Crippen molar-refractivity contribution in [3.8, 4) is 0 Å². The van der Waals surface area contributed by atoms with Gasteiger partial charge in [-0.1, -0.05) is 0 Å². The molecule has 3 unspecified atom stereocenters.